The van der Waals surface area contributed by atoms with Crippen LogP contribution < -0.4 is 12.4 Å². The predicted octanol–water partition coefficient (Wildman–Crippen LogP) is -0.129. The van der Waals surface area contributed by atoms with Gasteiger partial charge in [0.1, 0.15) is 0 Å². The Kier molecular flexibility index (Phi) is 8.48. The first-order valence-electron chi connectivity index (χ1n) is 9.30. The molecule has 4 nitrogen and oxygen atoms in total. The third-order valence-electron chi connectivity index (χ3n) is 5.54. The molecule has 2 aromatic carbocycles. The summed E-state index contributed by atoms with van der Waals surface area (Å²) < 4.78 is 0.896. The summed E-state index contributed by atoms with van der Waals surface area (Å²) in [5.41, 5.74) is -0.503. The maximum absolute atomic E-state index is 13.3. The smallest absolute Gasteiger partial charge is 0.263 e. The van der Waals surface area contributed by atoms with E-state index in [0.717, 1.165) is 24.1 Å². The Balaban J connectivity index is 0.00000364. The van der Waals surface area contributed by atoms with Crippen molar-refractivity contribution in [3.05, 3.63) is 71.8 Å². The molecule has 2 rings (SSSR count). The largest absolute Gasteiger partial charge is 1.00 e. The summed E-state index contributed by atoms with van der Waals surface area (Å²) in [5.74, 6) is -0.298. The van der Waals surface area contributed by atoms with Gasteiger partial charge in [-0.2, -0.15) is 0 Å². The summed E-state index contributed by atoms with van der Waals surface area (Å²) in [6, 6.07) is 18.4. The van der Waals surface area contributed by atoms with Crippen LogP contribution >= 0.6 is 0 Å². The molecule has 27 heavy (non-hydrogen) atoms. The van der Waals surface area contributed by atoms with E-state index in [9.17, 15) is 9.90 Å². The summed E-state index contributed by atoms with van der Waals surface area (Å²) in [6.45, 7) is 7.80. The van der Waals surface area contributed by atoms with Crippen LogP contribution in [0.3, 0.4) is 0 Å². The van der Waals surface area contributed by atoms with Gasteiger partial charge < -0.3 is 26.9 Å². The highest BCUT2D eigenvalue weighted by Crippen LogP contribution is 2.31. The van der Waals surface area contributed by atoms with E-state index in [1.165, 1.54) is 0 Å². The zero-order chi connectivity index (χ0) is 19.2. The van der Waals surface area contributed by atoms with E-state index in [1.54, 1.807) is 36.2 Å². The molecular weight excluding hydrogens is 360 g/mol. The quantitative estimate of drug-likeness (QED) is 0.638. The third kappa shape index (κ3) is 5.10. The number of rotatable bonds is 8. The average Bonchev–Trinajstić information content (AvgIpc) is 2.71. The Morgan fingerprint density at radius 1 is 0.963 bits per heavy atom. The fraction of sp³-hybridized carbons (Fsp3) is 0.409. The Morgan fingerprint density at radius 2 is 1.37 bits per heavy atom. The number of amides is 1. The minimum atomic E-state index is -1.68. The van der Waals surface area contributed by atoms with Gasteiger partial charge in [0, 0.05) is 7.05 Å². The lowest BCUT2D eigenvalue weighted by atomic mass is 9.85. The van der Waals surface area contributed by atoms with Crippen LogP contribution in [0.2, 0.25) is 0 Å². The van der Waals surface area contributed by atoms with Crippen LogP contribution in [0.25, 0.3) is 0 Å². The van der Waals surface area contributed by atoms with Crippen molar-refractivity contribution in [1.29, 1.82) is 0 Å². The standard InChI is InChI=1S/C22H31N2O2.ClH/c1-5-24(4,6-2)18-17-23(3)21(25)22(26,19-13-9-7-10-14-19)20-15-11-8-12-16-20;/h7-16,26H,5-6,17-18H2,1-4H3;1H/q+1;/p-1. The Morgan fingerprint density at radius 3 is 1.74 bits per heavy atom. The zero-order valence-electron chi connectivity index (χ0n) is 16.7. The molecule has 0 saturated heterocycles. The predicted molar refractivity (Wildman–Crippen MR) is 106 cm³/mol. The van der Waals surface area contributed by atoms with Crippen molar-refractivity contribution in [1.82, 2.24) is 4.90 Å². The van der Waals surface area contributed by atoms with Gasteiger partial charge in [-0.25, -0.2) is 0 Å². The molecule has 0 radical (unpaired) electrons. The zero-order valence-corrected chi connectivity index (χ0v) is 17.5. The van der Waals surface area contributed by atoms with Crippen LogP contribution in [0, 0.1) is 0 Å². The number of carbonyl (C=O) groups is 1. The van der Waals surface area contributed by atoms with Gasteiger partial charge in [-0.1, -0.05) is 60.7 Å². The number of aliphatic hydroxyl groups is 1. The second kappa shape index (κ2) is 9.88. The molecule has 5 heteroatoms. The van der Waals surface area contributed by atoms with Crippen LogP contribution in [0.5, 0.6) is 0 Å². The molecule has 0 atom stereocenters. The van der Waals surface area contributed by atoms with Crippen molar-refractivity contribution in [3.8, 4) is 0 Å². The Bertz CT molecular complexity index is 663. The Hall–Kier alpha value is -1.88. The van der Waals surface area contributed by atoms with Crippen LogP contribution in [-0.2, 0) is 10.4 Å². The van der Waals surface area contributed by atoms with Crippen molar-refractivity contribution < 1.29 is 26.8 Å². The van der Waals surface area contributed by atoms with E-state index < -0.39 is 5.60 Å². The molecule has 148 valence electrons. The van der Waals surface area contributed by atoms with Crippen LogP contribution in [0.4, 0.5) is 0 Å². The van der Waals surface area contributed by atoms with E-state index in [1.807, 2.05) is 36.4 Å². The number of carbonyl (C=O) groups excluding carboxylic acids is 1. The van der Waals surface area contributed by atoms with Crippen molar-refractivity contribution in [2.75, 3.05) is 40.3 Å². The highest BCUT2D eigenvalue weighted by Gasteiger charge is 2.42. The molecule has 0 heterocycles. The fourth-order valence-corrected chi connectivity index (χ4v) is 3.08. The number of nitrogens with zero attached hydrogens (tertiary/aromatic N) is 2. The van der Waals surface area contributed by atoms with Crippen LogP contribution in [0.1, 0.15) is 25.0 Å². The second-order valence-corrected chi connectivity index (χ2v) is 7.14. The maximum atomic E-state index is 13.3. The first kappa shape index (κ1) is 23.2. The molecule has 0 fully saturated rings. The molecule has 0 aliphatic rings. The van der Waals surface area contributed by atoms with Crippen molar-refractivity contribution in [3.63, 3.8) is 0 Å². The summed E-state index contributed by atoms with van der Waals surface area (Å²) in [5, 5.41) is 11.5. The SMILES string of the molecule is CC[N+](C)(CC)CCN(C)C(=O)C(O)(c1ccccc1)c1ccccc1.[Cl-]. The lowest BCUT2D eigenvalue weighted by Gasteiger charge is -2.36. The van der Waals surface area contributed by atoms with Gasteiger partial charge in [0.15, 0.2) is 5.60 Å². The van der Waals surface area contributed by atoms with Crippen LogP contribution in [0.15, 0.2) is 60.7 Å². The highest BCUT2D eigenvalue weighted by molar-refractivity contribution is 5.90. The molecule has 1 N–H and O–H groups in total. The number of likely N-dealkylation sites (N-methyl/N-ethyl adjacent to an activating group) is 2. The van der Waals surface area contributed by atoms with E-state index in [-0.39, 0.29) is 18.3 Å². The van der Waals surface area contributed by atoms with Gasteiger partial charge in [0.25, 0.3) is 5.91 Å². The van der Waals surface area contributed by atoms with Gasteiger partial charge in [-0.15, -0.1) is 0 Å². The summed E-state index contributed by atoms with van der Waals surface area (Å²) in [7, 11) is 3.97. The lowest BCUT2D eigenvalue weighted by Crippen LogP contribution is -3.00. The molecular formula is C22H31ClN2O2. The molecule has 0 spiro atoms. The molecule has 0 saturated carbocycles. The first-order valence-corrected chi connectivity index (χ1v) is 9.30. The molecule has 0 aliphatic heterocycles. The number of hydrogen-bond acceptors (Lipinski definition) is 2. The average molecular weight is 391 g/mol. The number of quaternary nitrogens is 1. The molecule has 0 bridgehead atoms. The second-order valence-electron chi connectivity index (χ2n) is 7.14. The normalized spacial score (nSPS) is 11.6. The van der Waals surface area contributed by atoms with Gasteiger partial charge in [-0.05, 0) is 25.0 Å². The topological polar surface area (TPSA) is 40.5 Å². The molecule has 0 unspecified atom stereocenters. The van der Waals surface area contributed by atoms with Crippen molar-refractivity contribution in [2.45, 2.75) is 19.4 Å². The van der Waals surface area contributed by atoms with E-state index >= 15 is 0 Å². The van der Waals surface area contributed by atoms with E-state index in [2.05, 4.69) is 20.9 Å². The molecule has 0 aliphatic carbocycles. The Labute approximate surface area is 169 Å². The fourth-order valence-electron chi connectivity index (χ4n) is 3.08. The van der Waals surface area contributed by atoms with Gasteiger partial charge in [0.2, 0.25) is 0 Å². The molecule has 2 aromatic rings. The summed E-state index contributed by atoms with van der Waals surface area (Å²) >= 11 is 0. The van der Waals surface area contributed by atoms with E-state index in [0.29, 0.717) is 17.7 Å². The van der Waals surface area contributed by atoms with Crippen molar-refractivity contribution in [2.24, 2.45) is 0 Å². The van der Waals surface area contributed by atoms with Gasteiger partial charge in [-0.3, -0.25) is 4.79 Å². The molecule has 0 aromatic heterocycles. The maximum Gasteiger partial charge on any atom is 0.263 e. The van der Waals surface area contributed by atoms with Gasteiger partial charge >= 0.3 is 0 Å². The lowest BCUT2D eigenvalue weighted by molar-refractivity contribution is -0.905. The monoisotopic (exact) mass is 390 g/mol. The number of hydrogen-bond donors (Lipinski definition) is 1. The summed E-state index contributed by atoms with van der Waals surface area (Å²) in [4.78, 5) is 15.0. The minimum Gasteiger partial charge on any atom is -1.00 e. The van der Waals surface area contributed by atoms with E-state index in [4.69, 9.17) is 0 Å². The number of halogens is 1. The minimum absolute atomic E-state index is 0. The highest BCUT2D eigenvalue weighted by atomic mass is 35.5. The van der Waals surface area contributed by atoms with Gasteiger partial charge in [0.05, 0.1) is 33.2 Å². The summed E-state index contributed by atoms with van der Waals surface area (Å²) in [6.07, 6.45) is 0. The molecule has 1 amide bonds. The number of benzene rings is 2. The van der Waals surface area contributed by atoms with Crippen LogP contribution in [-0.4, -0.2) is 60.7 Å². The first-order chi connectivity index (χ1) is 12.4. The third-order valence-corrected chi connectivity index (χ3v) is 5.54. The van der Waals surface area contributed by atoms with Crippen molar-refractivity contribution >= 4 is 5.91 Å².